The van der Waals surface area contributed by atoms with Crippen LogP contribution in [0.5, 0.6) is 11.5 Å². The number of thioether (sulfide) groups is 1. The molecule has 3 N–H and O–H groups in total. The third-order valence-corrected chi connectivity index (χ3v) is 11.8. The zero-order chi connectivity index (χ0) is 40.1. The number of rotatable bonds is 14. The van der Waals surface area contributed by atoms with E-state index in [-0.39, 0.29) is 18.2 Å². The Hall–Kier alpha value is -5.85. The molecule has 0 radical (unpaired) electrons. The largest absolute Gasteiger partial charge is 0.497 e. The number of amides is 3. The average Bonchev–Trinajstić information content (AvgIpc) is 3.55. The quantitative estimate of drug-likeness (QED) is 0.0575. The normalized spacial score (nSPS) is 13.2. The Balaban J connectivity index is 1.27. The summed E-state index contributed by atoms with van der Waals surface area (Å²) in [6.07, 6.45) is 7.42. The first-order chi connectivity index (χ1) is 27.8. The van der Waals surface area contributed by atoms with Crippen LogP contribution in [0.4, 0.5) is 10.7 Å². The summed E-state index contributed by atoms with van der Waals surface area (Å²) < 4.78 is 16.4. The highest BCUT2D eigenvalue weighted by Gasteiger charge is 2.29. The van der Waals surface area contributed by atoms with E-state index in [2.05, 4.69) is 16.0 Å². The predicted molar refractivity (Wildman–Crippen MR) is 226 cm³/mol. The van der Waals surface area contributed by atoms with Gasteiger partial charge in [0.15, 0.2) is 0 Å². The molecule has 0 saturated carbocycles. The maximum atomic E-state index is 14.3. The minimum Gasteiger partial charge on any atom is -0.497 e. The van der Waals surface area contributed by atoms with Gasteiger partial charge in [-0.1, -0.05) is 67.4 Å². The molecule has 5 aromatic rings. The molecule has 6 rings (SSSR count). The predicted octanol–water partition coefficient (Wildman–Crippen LogP) is 9.48. The molecule has 0 fully saturated rings. The van der Waals surface area contributed by atoms with Gasteiger partial charge >= 0.3 is 5.97 Å². The van der Waals surface area contributed by atoms with Crippen LogP contribution in [-0.2, 0) is 27.2 Å². The standard InChI is InChI=1S/C45H45N3O7S2/c1-4-55-45(52)39-35-22-13-5-6-14-23-38(35)57-44(39)48-43(51)40(29-16-9-7-10-17-29)56-34-21-15-20-32(27-34)46-42(50)36(47-41(49)30-18-11-8-12-19-30)26-31-24-25-33(53-2)28-37(31)54-3/h7-12,15-21,24-28,40H,4-6,13-14,22-23H2,1-3H3,(H,46,50)(H,47,49)(H,48,51)/b36-26+. The number of carbonyl (C=O) groups excluding carboxylic acids is 4. The van der Waals surface area contributed by atoms with E-state index < -0.39 is 23.0 Å². The number of anilines is 2. The molecule has 4 aromatic carbocycles. The molecule has 1 heterocycles. The number of fused-ring (bicyclic) bond motifs is 1. The van der Waals surface area contributed by atoms with Crippen LogP contribution in [0.2, 0.25) is 0 Å². The highest BCUT2D eigenvalue weighted by molar-refractivity contribution is 8.00. The Morgan fingerprint density at radius 1 is 0.807 bits per heavy atom. The molecule has 10 nitrogen and oxygen atoms in total. The minimum absolute atomic E-state index is 0.0191. The second-order valence-electron chi connectivity index (χ2n) is 13.2. The Bertz CT molecular complexity index is 2240. The van der Waals surface area contributed by atoms with Gasteiger partial charge in [-0.25, -0.2) is 4.79 Å². The summed E-state index contributed by atoms with van der Waals surface area (Å²) in [6.45, 7) is 2.01. The second kappa shape index (κ2) is 19.8. The van der Waals surface area contributed by atoms with Crippen LogP contribution in [0.3, 0.4) is 0 Å². The first kappa shape index (κ1) is 40.8. The van der Waals surface area contributed by atoms with E-state index in [9.17, 15) is 19.2 Å². The molecule has 12 heteroatoms. The number of hydrogen-bond donors (Lipinski definition) is 3. The molecule has 3 amide bonds. The first-order valence-electron chi connectivity index (χ1n) is 18.8. The van der Waals surface area contributed by atoms with Gasteiger partial charge in [-0.3, -0.25) is 14.4 Å². The van der Waals surface area contributed by atoms with Crippen LogP contribution in [0.1, 0.15) is 80.1 Å². The lowest BCUT2D eigenvalue weighted by Gasteiger charge is -2.18. The number of benzene rings is 4. The van der Waals surface area contributed by atoms with Gasteiger partial charge in [-0.15, -0.1) is 23.1 Å². The number of carbonyl (C=O) groups is 4. The first-order valence-corrected chi connectivity index (χ1v) is 20.5. The Morgan fingerprint density at radius 3 is 2.26 bits per heavy atom. The van der Waals surface area contributed by atoms with Gasteiger partial charge < -0.3 is 30.2 Å². The summed E-state index contributed by atoms with van der Waals surface area (Å²) in [5.41, 5.74) is 3.56. The Labute approximate surface area is 341 Å². The van der Waals surface area contributed by atoms with E-state index >= 15 is 0 Å². The lowest BCUT2D eigenvalue weighted by atomic mass is 9.96. The van der Waals surface area contributed by atoms with Crippen molar-refractivity contribution in [3.05, 3.63) is 142 Å². The molecule has 0 spiro atoms. The number of esters is 1. The number of nitrogens with one attached hydrogen (secondary N) is 3. The number of thiophene rings is 1. The summed E-state index contributed by atoms with van der Waals surface area (Å²) in [6, 6.07) is 30.3. The van der Waals surface area contributed by atoms with Crippen LogP contribution in [-0.4, -0.2) is 44.5 Å². The van der Waals surface area contributed by atoms with Crippen LogP contribution in [0, 0.1) is 0 Å². The summed E-state index contributed by atoms with van der Waals surface area (Å²) in [5, 5.41) is 8.61. The fourth-order valence-electron chi connectivity index (χ4n) is 6.52. The Kier molecular flexibility index (Phi) is 14.2. The maximum Gasteiger partial charge on any atom is 0.341 e. The molecule has 1 aliphatic carbocycles. The third-order valence-electron chi connectivity index (χ3n) is 9.34. The van der Waals surface area contributed by atoms with Crippen molar-refractivity contribution in [2.75, 3.05) is 31.5 Å². The summed E-state index contributed by atoms with van der Waals surface area (Å²) in [5.74, 6) is -0.731. The topological polar surface area (TPSA) is 132 Å². The Morgan fingerprint density at radius 2 is 1.54 bits per heavy atom. The maximum absolute atomic E-state index is 14.3. The highest BCUT2D eigenvalue weighted by atomic mass is 32.2. The molecule has 57 heavy (non-hydrogen) atoms. The third kappa shape index (κ3) is 10.5. The van der Waals surface area contributed by atoms with E-state index in [1.807, 2.05) is 36.4 Å². The van der Waals surface area contributed by atoms with E-state index in [1.54, 1.807) is 86.8 Å². The molecule has 294 valence electrons. The van der Waals surface area contributed by atoms with Crippen molar-refractivity contribution in [1.29, 1.82) is 0 Å². The second-order valence-corrected chi connectivity index (χ2v) is 15.5. The fraction of sp³-hybridized carbons (Fsp3) is 0.244. The highest BCUT2D eigenvalue weighted by Crippen LogP contribution is 2.41. The molecule has 1 aromatic heterocycles. The monoisotopic (exact) mass is 803 g/mol. The van der Waals surface area contributed by atoms with Gasteiger partial charge in [0.25, 0.3) is 11.8 Å². The van der Waals surface area contributed by atoms with Crippen molar-refractivity contribution >= 4 is 63.6 Å². The summed E-state index contributed by atoms with van der Waals surface area (Å²) >= 11 is 2.78. The molecule has 1 aliphatic rings. The van der Waals surface area contributed by atoms with Crippen molar-refractivity contribution in [2.45, 2.75) is 55.6 Å². The van der Waals surface area contributed by atoms with Gasteiger partial charge in [-0.2, -0.15) is 0 Å². The van der Waals surface area contributed by atoms with Crippen LogP contribution < -0.4 is 25.4 Å². The van der Waals surface area contributed by atoms with Crippen molar-refractivity contribution in [1.82, 2.24) is 5.32 Å². The van der Waals surface area contributed by atoms with Crippen molar-refractivity contribution in [2.24, 2.45) is 0 Å². The average molecular weight is 804 g/mol. The molecule has 0 saturated heterocycles. The number of aryl methyl sites for hydroxylation is 1. The molecular formula is C45H45N3O7S2. The molecule has 1 unspecified atom stereocenters. The van der Waals surface area contributed by atoms with Gasteiger partial charge in [0.05, 0.1) is 26.4 Å². The number of hydrogen-bond acceptors (Lipinski definition) is 9. The summed E-state index contributed by atoms with van der Waals surface area (Å²) in [7, 11) is 3.06. The van der Waals surface area contributed by atoms with E-state index in [0.29, 0.717) is 43.8 Å². The van der Waals surface area contributed by atoms with Crippen molar-refractivity contribution < 1.29 is 33.4 Å². The van der Waals surface area contributed by atoms with Gasteiger partial charge in [-0.05, 0) is 92.3 Å². The smallest absolute Gasteiger partial charge is 0.341 e. The van der Waals surface area contributed by atoms with Crippen molar-refractivity contribution in [3.63, 3.8) is 0 Å². The minimum atomic E-state index is -0.708. The zero-order valence-electron chi connectivity index (χ0n) is 32.1. The van der Waals surface area contributed by atoms with Crippen molar-refractivity contribution in [3.8, 4) is 11.5 Å². The number of ether oxygens (including phenoxy) is 3. The lowest BCUT2D eigenvalue weighted by Crippen LogP contribution is -2.30. The molecule has 0 aliphatic heterocycles. The molecular weight excluding hydrogens is 759 g/mol. The summed E-state index contributed by atoms with van der Waals surface area (Å²) in [4.78, 5) is 56.7. The SMILES string of the molecule is CCOC(=O)c1c(NC(=O)C(Sc2cccc(NC(=O)/C(=C\c3ccc(OC)cc3OC)NC(=O)c3ccccc3)c2)c2ccccc2)sc2c1CCCCCC2. The van der Waals surface area contributed by atoms with Gasteiger partial charge in [0.2, 0.25) is 5.91 Å². The lowest BCUT2D eigenvalue weighted by molar-refractivity contribution is -0.116. The zero-order valence-corrected chi connectivity index (χ0v) is 33.7. The molecule has 1 atom stereocenters. The van der Waals surface area contributed by atoms with Crippen LogP contribution in [0.15, 0.2) is 114 Å². The van der Waals surface area contributed by atoms with E-state index in [0.717, 1.165) is 54.5 Å². The van der Waals surface area contributed by atoms with E-state index in [1.165, 1.54) is 30.2 Å². The molecule has 0 bridgehead atoms. The van der Waals surface area contributed by atoms with Gasteiger partial charge in [0, 0.05) is 32.7 Å². The number of methoxy groups -OCH3 is 2. The van der Waals surface area contributed by atoms with E-state index in [4.69, 9.17) is 14.2 Å². The van der Waals surface area contributed by atoms with Crippen LogP contribution >= 0.6 is 23.1 Å². The van der Waals surface area contributed by atoms with Gasteiger partial charge in [0.1, 0.15) is 27.4 Å². The fourth-order valence-corrected chi connectivity index (χ4v) is 8.89. The van der Waals surface area contributed by atoms with Crippen LogP contribution in [0.25, 0.3) is 6.08 Å².